The zero-order chi connectivity index (χ0) is 17.4. The summed E-state index contributed by atoms with van der Waals surface area (Å²) in [5.74, 6) is -1.39. The fourth-order valence-corrected chi connectivity index (χ4v) is 2.78. The summed E-state index contributed by atoms with van der Waals surface area (Å²) in [7, 11) is 0. The molecule has 0 spiro atoms. The molecular formula is C19H12FN3O2. The average Bonchev–Trinajstić information content (AvgIpc) is 3.08. The van der Waals surface area contributed by atoms with Gasteiger partial charge in [0, 0.05) is 23.6 Å². The molecule has 4 rings (SSSR count). The topological polar surface area (TPSA) is 68.0 Å². The molecule has 122 valence electrons. The van der Waals surface area contributed by atoms with Gasteiger partial charge in [0.25, 0.3) is 0 Å². The summed E-state index contributed by atoms with van der Waals surface area (Å²) >= 11 is 0. The van der Waals surface area contributed by atoms with Gasteiger partial charge in [-0.15, -0.1) is 0 Å². The van der Waals surface area contributed by atoms with Crippen LogP contribution in [-0.4, -0.2) is 25.6 Å². The zero-order valence-corrected chi connectivity index (χ0v) is 12.9. The number of aromatic nitrogens is 3. The molecule has 0 aliphatic rings. The van der Waals surface area contributed by atoms with Crippen LogP contribution in [0.2, 0.25) is 0 Å². The van der Waals surface area contributed by atoms with Crippen LogP contribution in [0.1, 0.15) is 10.4 Å². The van der Waals surface area contributed by atoms with Gasteiger partial charge in [0.15, 0.2) is 5.82 Å². The summed E-state index contributed by atoms with van der Waals surface area (Å²) in [4.78, 5) is 19.2. The number of carboxylic acids is 1. The van der Waals surface area contributed by atoms with Gasteiger partial charge >= 0.3 is 5.97 Å². The van der Waals surface area contributed by atoms with Gasteiger partial charge in [0.05, 0.1) is 11.1 Å². The molecule has 0 radical (unpaired) electrons. The molecule has 0 fully saturated rings. The Morgan fingerprint density at radius 1 is 1.00 bits per heavy atom. The largest absolute Gasteiger partial charge is 0.478 e. The third-order valence-corrected chi connectivity index (χ3v) is 4.03. The van der Waals surface area contributed by atoms with Gasteiger partial charge in [-0.2, -0.15) is 0 Å². The summed E-state index contributed by atoms with van der Waals surface area (Å²) in [6.45, 7) is 0. The Kier molecular flexibility index (Phi) is 3.50. The molecule has 0 atom stereocenters. The lowest BCUT2D eigenvalue weighted by atomic mass is 10.1. The molecule has 25 heavy (non-hydrogen) atoms. The average molecular weight is 333 g/mol. The first-order valence-electron chi connectivity index (χ1n) is 7.55. The van der Waals surface area contributed by atoms with Crippen molar-refractivity contribution in [1.29, 1.82) is 0 Å². The van der Waals surface area contributed by atoms with E-state index in [1.807, 2.05) is 0 Å². The molecule has 2 aromatic heterocycles. The monoisotopic (exact) mass is 333 g/mol. The van der Waals surface area contributed by atoms with E-state index < -0.39 is 5.97 Å². The van der Waals surface area contributed by atoms with E-state index in [0.29, 0.717) is 22.3 Å². The number of hydrogen-bond donors (Lipinski definition) is 1. The molecule has 5 nitrogen and oxygen atoms in total. The second-order valence-corrected chi connectivity index (χ2v) is 5.50. The van der Waals surface area contributed by atoms with Gasteiger partial charge in [0.1, 0.15) is 11.8 Å². The van der Waals surface area contributed by atoms with Crippen LogP contribution >= 0.6 is 0 Å². The van der Waals surface area contributed by atoms with Crippen molar-refractivity contribution in [2.24, 2.45) is 0 Å². The van der Waals surface area contributed by atoms with Gasteiger partial charge in [-0.1, -0.05) is 0 Å². The number of halogens is 1. The number of carbonyl (C=O) groups is 1. The van der Waals surface area contributed by atoms with E-state index in [1.165, 1.54) is 18.5 Å². The van der Waals surface area contributed by atoms with E-state index in [-0.39, 0.29) is 11.4 Å². The van der Waals surface area contributed by atoms with Crippen LogP contribution in [0.25, 0.3) is 27.8 Å². The SMILES string of the molecule is O=C(O)c1ccc(-n2cnc3ccc(-c4ccncc4)c(F)c32)cc1. The highest BCUT2D eigenvalue weighted by Gasteiger charge is 2.15. The smallest absolute Gasteiger partial charge is 0.335 e. The molecule has 0 saturated carbocycles. The number of rotatable bonds is 3. The summed E-state index contributed by atoms with van der Waals surface area (Å²) in [5.41, 5.74) is 2.86. The van der Waals surface area contributed by atoms with Gasteiger partial charge in [-0.05, 0) is 54.1 Å². The van der Waals surface area contributed by atoms with Gasteiger partial charge in [-0.3, -0.25) is 9.55 Å². The molecule has 0 saturated heterocycles. The third kappa shape index (κ3) is 2.53. The number of hydrogen-bond acceptors (Lipinski definition) is 3. The maximum absolute atomic E-state index is 15.2. The number of benzene rings is 2. The lowest BCUT2D eigenvalue weighted by Gasteiger charge is -2.08. The first kappa shape index (κ1) is 15.0. The van der Waals surface area contributed by atoms with Crippen LogP contribution in [0.15, 0.2) is 67.3 Å². The van der Waals surface area contributed by atoms with Crippen molar-refractivity contribution >= 4 is 17.0 Å². The highest BCUT2D eigenvalue weighted by molar-refractivity contribution is 5.88. The summed E-state index contributed by atoms with van der Waals surface area (Å²) in [5, 5.41) is 9.00. The predicted molar refractivity (Wildman–Crippen MR) is 91.2 cm³/mol. The van der Waals surface area contributed by atoms with E-state index >= 15 is 4.39 Å². The zero-order valence-electron chi connectivity index (χ0n) is 12.9. The van der Waals surface area contributed by atoms with Crippen LogP contribution in [0.3, 0.4) is 0 Å². The Hall–Kier alpha value is -3.54. The van der Waals surface area contributed by atoms with Crippen molar-refractivity contribution in [1.82, 2.24) is 14.5 Å². The molecule has 1 N–H and O–H groups in total. The number of imidazole rings is 1. The second-order valence-electron chi connectivity index (χ2n) is 5.50. The van der Waals surface area contributed by atoms with Crippen molar-refractivity contribution in [2.75, 3.05) is 0 Å². The highest BCUT2D eigenvalue weighted by Crippen LogP contribution is 2.29. The predicted octanol–water partition coefficient (Wildman–Crippen LogP) is 3.92. The third-order valence-electron chi connectivity index (χ3n) is 4.03. The lowest BCUT2D eigenvalue weighted by Crippen LogP contribution is -1.99. The Morgan fingerprint density at radius 2 is 1.72 bits per heavy atom. The quantitative estimate of drug-likeness (QED) is 0.617. The van der Waals surface area contributed by atoms with Gasteiger partial charge in [-0.25, -0.2) is 14.2 Å². The van der Waals surface area contributed by atoms with Crippen LogP contribution in [-0.2, 0) is 0 Å². The van der Waals surface area contributed by atoms with Crippen molar-refractivity contribution < 1.29 is 14.3 Å². The van der Waals surface area contributed by atoms with Crippen LogP contribution < -0.4 is 0 Å². The molecule has 2 heterocycles. The Balaban J connectivity index is 1.89. The molecule has 0 amide bonds. The molecule has 0 unspecified atom stereocenters. The van der Waals surface area contributed by atoms with Crippen LogP contribution in [0, 0.1) is 5.82 Å². The fraction of sp³-hybridized carbons (Fsp3) is 0. The second kappa shape index (κ2) is 5.83. The van der Waals surface area contributed by atoms with E-state index in [2.05, 4.69) is 9.97 Å². The molecule has 0 aliphatic carbocycles. The van der Waals surface area contributed by atoms with Gasteiger partial charge < -0.3 is 5.11 Å². The summed E-state index contributed by atoms with van der Waals surface area (Å²) < 4.78 is 16.8. The number of nitrogens with zero attached hydrogens (tertiary/aromatic N) is 3. The van der Waals surface area contributed by atoms with E-state index in [1.54, 1.807) is 53.4 Å². The lowest BCUT2D eigenvalue weighted by molar-refractivity contribution is 0.0697. The standard InChI is InChI=1S/C19H12FN3O2/c20-17-15(12-7-9-21-10-8-12)5-6-16-18(17)23(11-22-16)14-3-1-13(2-4-14)19(24)25/h1-11H,(H,24,25). The number of fused-ring (bicyclic) bond motifs is 1. The van der Waals surface area contributed by atoms with E-state index in [0.717, 1.165) is 5.56 Å². The highest BCUT2D eigenvalue weighted by atomic mass is 19.1. The molecule has 0 bridgehead atoms. The summed E-state index contributed by atoms with van der Waals surface area (Å²) in [6.07, 6.45) is 4.75. The summed E-state index contributed by atoms with van der Waals surface area (Å²) in [6, 6.07) is 13.2. The molecule has 4 aromatic rings. The normalized spacial score (nSPS) is 10.9. The molecule has 2 aromatic carbocycles. The molecule has 0 aliphatic heterocycles. The minimum Gasteiger partial charge on any atom is -0.478 e. The Morgan fingerprint density at radius 3 is 2.40 bits per heavy atom. The van der Waals surface area contributed by atoms with Crippen molar-refractivity contribution in [2.45, 2.75) is 0 Å². The fourth-order valence-electron chi connectivity index (χ4n) is 2.78. The Labute approximate surface area is 142 Å². The van der Waals surface area contributed by atoms with Crippen LogP contribution in [0.4, 0.5) is 4.39 Å². The number of aromatic carboxylic acids is 1. The van der Waals surface area contributed by atoms with Crippen molar-refractivity contribution in [3.8, 4) is 16.8 Å². The number of pyridine rings is 1. The van der Waals surface area contributed by atoms with Crippen molar-refractivity contribution in [3.63, 3.8) is 0 Å². The first-order chi connectivity index (χ1) is 12.1. The minimum absolute atomic E-state index is 0.172. The van der Waals surface area contributed by atoms with E-state index in [9.17, 15) is 4.79 Å². The van der Waals surface area contributed by atoms with E-state index in [4.69, 9.17) is 5.11 Å². The molecule has 6 heteroatoms. The maximum atomic E-state index is 15.2. The minimum atomic E-state index is -1.01. The first-order valence-corrected chi connectivity index (χ1v) is 7.55. The Bertz CT molecular complexity index is 1070. The number of carboxylic acid groups (broad SMARTS) is 1. The molecular weight excluding hydrogens is 321 g/mol. The van der Waals surface area contributed by atoms with Crippen LogP contribution in [0.5, 0.6) is 0 Å². The van der Waals surface area contributed by atoms with Gasteiger partial charge in [0.2, 0.25) is 0 Å². The maximum Gasteiger partial charge on any atom is 0.335 e. The van der Waals surface area contributed by atoms with Crippen molar-refractivity contribution in [3.05, 3.63) is 78.6 Å².